The van der Waals surface area contributed by atoms with Crippen LogP contribution in [0.5, 0.6) is 5.75 Å². The fourth-order valence-corrected chi connectivity index (χ4v) is 1.92. The number of aliphatic hydroxyl groups excluding tert-OH is 1. The minimum absolute atomic E-state index is 0.176. The Kier molecular flexibility index (Phi) is 4.58. The molecule has 0 aliphatic carbocycles. The number of hydrogen-bond acceptors (Lipinski definition) is 3. The van der Waals surface area contributed by atoms with Crippen LogP contribution in [0.15, 0.2) is 30.3 Å². The highest BCUT2D eigenvalue weighted by Gasteiger charge is 2.04. The van der Waals surface area contributed by atoms with Crippen LogP contribution in [0.4, 0.5) is 0 Å². The summed E-state index contributed by atoms with van der Waals surface area (Å²) >= 11 is 0. The molecule has 1 aromatic carbocycles. The van der Waals surface area contributed by atoms with E-state index in [1.165, 1.54) is 0 Å². The first-order valence-corrected chi connectivity index (χ1v) is 6.57. The molecule has 0 saturated carbocycles. The first kappa shape index (κ1) is 13.6. The molecule has 0 saturated heterocycles. The van der Waals surface area contributed by atoms with Gasteiger partial charge in [0.15, 0.2) is 0 Å². The molecule has 0 unspecified atom stereocenters. The third-order valence-electron chi connectivity index (χ3n) is 3.10. The zero-order valence-electron chi connectivity index (χ0n) is 11.5. The van der Waals surface area contributed by atoms with Crippen molar-refractivity contribution >= 4 is 0 Å². The van der Waals surface area contributed by atoms with E-state index in [1.807, 2.05) is 36.0 Å². The number of benzene rings is 1. The van der Waals surface area contributed by atoms with Crippen LogP contribution < -0.4 is 4.74 Å². The van der Waals surface area contributed by atoms with Crippen LogP contribution in [0.3, 0.4) is 0 Å². The zero-order valence-corrected chi connectivity index (χ0v) is 11.5. The molecule has 4 heteroatoms. The summed E-state index contributed by atoms with van der Waals surface area (Å²) < 4.78 is 7.60. The van der Waals surface area contributed by atoms with E-state index in [4.69, 9.17) is 9.84 Å². The molecule has 0 amide bonds. The summed E-state index contributed by atoms with van der Waals surface area (Å²) in [6, 6.07) is 9.89. The lowest BCUT2D eigenvalue weighted by Crippen LogP contribution is -2.03. The van der Waals surface area contributed by atoms with Gasteiger partial charge in [-0.25, -0.2) is 0 Å². The lowest BCUT2D eigenvalue weighted by Gasteiger charge is -2.07. The van der Waals surface area contributed by atoms with E-state index < -0.39 is 0 Å². The second-order valence-electron chi connectivity index (χ2n) is 4.51. The van der Waals surface area contributed by atoms with Crippen LogP contribution in [0.1, 0.15) is 23.9 Å². The quantitative estimate of drug-likeness (QED) is 0.865. The Morgan fingerprint density at radius 3 is 2.58 bits per heavy atom. The predicted molar refractivity (Wildman–Crippen MR) is 74.1 cm³/mol. The van der Waals surface area contributed by atoms with Gasteiger partial charge in [-0.1, -0.05) is 19.1 Å². The normalized spacial score (nSPS) is 10.7. The molecule has 0 fully saturated rings. The van der Waals surface area contributed by atoms with Gasteiger partial charge in [-0.3, -0.25) is 4.68 Å². The fourth-order valence-electron chi connectivity index (χ4n) is 1.92. The SMILES string of the molecule is CCc1cc(COc2ccc(CCO)cc2)n(C)n1. The molecule has 4 nitrogen and oxygen atoms in total. The molecule has 0 bridgehead atoms. The Morgan fingerprint density at radius 1 is 1.26 bits per heavy atom. The van der Waals surface area contributed by atoms with Crippen molar-refractivity contribution in [3.63, 3.8) is 0 Å². The van der Waals surface area contributed by atoms with Gasteiger partial charge in [0, 0.05) is 13.7 Å². The topological polar surface area (TPSA) is 47.3 Å². The predicted octanol–water partition coefficient (Wildman–Crippen LogP) is 2.10. The van der Waals surface area contributed by atoms with Gasteiger partial charge >= 0.3 is 0 Å². The first-order chi connectivity index (χ1) is 9.22. The largest absolute Gasteiger partial charge is 0.487 e. The monoisotopic (exact) mass is 260 g/mol. The molecule has 0 aliphatic heterocycles. The second-order valence-corrected chi connectivity index (χ2v) is 4.51. The van der Waals surface area contributed by atoms with E-state index in [1.54, 1.807) is 0 Å². The summed E-state index contributed by atoms with van der Waals surface area (Å²) in [4.78, 5) is 0. The van der Waals surface area contributed by atoms with Crippen LogP contribution in [-0.4, -0.2) is 21.5 Å². The molecule has 102 valence electrons. The lowest BCUT2D eigenvalue weighted by atomic mass is 10.1. The van der Waals surface area contributed by atoms with E-state index >= 15 is 0 Å². The molecule has 1 N–H and O–H groups in total. The lowest BCUT2D eigenvalue weighted by molar-refractivity contribution is 0.293. The summed E-state index contributed by atoms with van der Waals surface area (Å²) in [7, 11) is 1.93. The standard InChI is InChI=1S/C15H20N2O2/c1-3-13-10-14(17(2)16-13)11-19-15-6-4-12(5-7-15)8-9-18/h4-7,10,18H,3,8-9,11H2,1-2H3. The number of aryl methyl sites for hydroxylation is 2. The van der Waals surface area contributed by atoms with E-state index in [2.05, 4.69) is 18.1 Å². The van der Waals surface area contributed by atoms with Gasteiger partial charge in [-0.2, -0.15) is 5.10 Å². The molecule has 2 aromatic rings. The van der Waals surface area contributed by atoms with Gasteiger partial charge in [0.05, 0.1) is 11.4 Å². The molecule has 0 atom stereocenters. The van der Waals surface area contributed by atoms with Crippen molar-refractivity contribution in [3.05, 3.63) is 47.3 Å². The average Bonchev–Trinajstić information content (AvgIpc) is 2.79. The van der Waals surface area contributed by atoms with Crippen LogP contribution in [0, 0.1) is 0 Å². The van der Waals surface area contributed by atoms with Crippen LogP contribution >= 0.6 is 0 Å². The van der Waals surface area contributed by atoms with Gasteiger partial charge in [-0.05, 0) is 36.6 Å². The number of aromatic nitrogens is 2. The zero-order chi connectivity index (χ0) is 13.7. The fraction of sp³-hybridized carbons (Fsp3) is 0.400. The molecule has 0 aliphatic rings. The summed E-state index contributed by atoms with van der Waals surface area (Å²) in [5, 5.41) is 13.2. The van der Waals surface area contributed by atoms with Crippen molar-refractivity contribution in [3.8, 4) is 5.75 Å². The van der Waals surface area contributed by atoms with Crippen molar-refractivity contribution in [2.45, 2.75) is 26.4 Å². The number of hydrogen-bond donors (Lipinski definition) is 1. The minimum atomic E-state index is 0.176. The number of nitrogens with zero attached hydrogens (tertiary/aromatic N) is 2. The van der Waals surface area contributed by atoms with Crippen molar-refractivity contribution in [1.82, 2.24) is 9.78 Å². The molecule has 19 heavy (non-hydrogen) atoms. The van der Waals surface area contributed by atoms with Crippen LogP contribution in [0.25, 0.3) is 0 Å². The van der Waals surface area contributed by atoms with Gasteiger partial charge in [0.25, 0.3) is 0 Å². The minimum Gasteiger partial charge on any atom is -0.487 e. The van der Waals surface area contributed by atoms with Gasteiger partial charge in [0.1, 0.15) is 12.4 Å². The highest BCUT2D eigenvalue weighted by Crippen LogP contribution is 2.15. The van der Waals surface area contributed by atoms with Crippen molar-refractivity contribution in [1.29, 1.82) is 0 Å². The van der Waals surface area contributed by atoms with Crippen LogP contribution in [0.2, 0.25) is 0 Å². The smallest absolute Gasteiger partial charge is 0.130 e. The van der Waals surface area contributed by atoms with E-state index in [0.29, 0.717) is 13.0 Å². The summed E-state index contributed by atoms with van der Waals surface area (Å²) in [6.07, 6.45) is 1.62. The highest BCUT2D eigenvalue weighted by molar-refractivity contribution is 5.27. The maximum atomic E-state index is 8.86. The Balaban J connectivity index is 1.95. The van der Waals surface area contributed by atoms with E-state index in [9.17, 15) is 0 Å². The molecule has 0 spiro atoms. The highest BCUT2D eigenvalue weighted by atomic mass is 16.5. The molecule has 2 rings (SSSR count). The summed E-state index contributed by atoms with van der Waals surface area (Å²) in [5.74, 6) is 0.834. The Hall–Kier alpha value is -1.81. The second kappa shape index (κ2) is 6.38. The molecule has 1 heterocycles. The third kappa shape index (κ3) is 3.58. The van der Waals surface area contributed by atoms with E-state index in [-0.39, 0.29) is 6.61 Å². The first-order valence-electron chi connectivity index (χ1n) is 6.57. The maximum absolute atomic E-state index is 8.86. The molecular weight excluding hydrogens is 240 g/mol. The van der Waals surface area contributed by atoms with Crippen LogP contribution in [-0.2, 0) is 26.5 Å². The van der Waals surface area contributed by atoms with Gasteiger partial charge in [0.2, 0.25) is 0 Å². The molecule has 1 aromatic heterocycles. The Bertz CT molecular complexity index is 517. The maximum Gasteiger partial charge on any atom is 0.130 e. The van der Waals surface area contributed by atoms with Gasteiger partial charge in [-0.15, -0.1) is 0 Å². The molecular formula is C15H20N2O2. The van der Waals surface area contributed by atoms with Crippen molar-refractivity contribution in [2.75, 3.05) is 6.61 Å². The van der Waals surface area contributed by atoms with E-state index in [0.717, 1.165) is 29.1 Å². The summed E-state index contributed by atoms with van der Waals surface area (Å²) in [6.45, 7) is 2.78. The van der Waals surface area contributed by atoms with Crippen molar-refractivity contribution < 1.29 is 9.84 Å². The third-order valence-corrected chi connectivity index (χ3v) is 3.10. The Morgan fingerprint density at radius 2 is 2.00 bits per heavy atom. The average molecular weight is 260 g/mol. The van der Waals surface area contributed by atoms with Gasteiger partial charge < -0.3 is 9.84 Å². The Labute approximate surface area is 113 Å². The summed E-state index contributed by atoms with van der Waals surface area (Å²) in [5.41, 5.74) is 3.26. The van der Waals surface area contributed by atoms with Crippen molar-refractivity contribution in [2.24, 2.45) is 7.05 Å². The number of ether oxygens (including phenoxy) is 1. The molecule has 0 radical (unpaired) electrons. The number of rotatable bonds is 6. The number of aliphatic hydroxyl groups is 1.